The first-order valence-corrected chi connectivity index (χ1v) is 7.25. The largest absolute Gasteiger partial charge is 0.497 e. The summed E-state index contributed by atoms with van der Waals surface area (Å²) in [6, 6.07) is 5.61. The fourth-order valence-electron chi connectivity index (χ4n) is 1.47. The molecule has 0 saturated carbocycles. The van der Waals surface area contributed by atoms with Crippen molar-refractivity contribution < 1.29 is 18.3 Å². The highest BCUT2D eigenvalue weighted by molar-refractivity contribution is 6.80. The van der Waals surface area contributed by atoms with Crippen LogP contribution in [-0.4, -0.2) is 37.0 Å². The second-order valence-corrected chi connectivity index (χ2v) is 6.67. The molecule has 0 N–H and O–H groups in total. The van der Waals surface area contributed by atoms with Crippen LogP contribution in [-0.2, 0) is 8.85 Å². The fourth-order valence-corrected chi connectivity index (χ4v) is 3.12. The van der Waals surface area contributed by atoms with E-state index >= 15 is 0 Å². The van der Waals surface area contributed by atoms with E-state index in [0.29, 0.717) is 0 Å². The molecule has 0 unspecified atom stereocenters. The zero-order valence-electron chi connectivity index (χ0n) is 10.4. The lowest BCUT2D eigenvalue weighted by Gasteiger charge is -2.25. The molecule has 0 aliphatic carbocycles. The molecule has 0 amide bonds. The summed E-state index contributed by atoms with van der Waals surface area (Å²) >= 11 is 0. The molecule has 1 aromatic rings. The van der Waals surface area contributed by atoms with Crippen LogP contribution in [0.3, 0.4) is 0 Å². The molecule has 0 aliphatic heterocycles. The first kappa shape index (κ1) is 13.0. The average molecular weight is 242 g/mol. The Kier molecular flexibility index (Phi) is 4.34. The van der Waals surface area contributed by atoms with Crippen molar-refractivity contribution in [3.8, 4) is 11.5 Å². The van der Waals surface area contributed by atoms with Gasteiger partial charge in [-0.15, -0.1) is 0 Å². The molecule has 5 heteroatoms. The molecular weight excluding hydrogens is 224 g/mol. The van der Waals surface area contributed by atoms with Crippen LogP contribution in [0, 0.1) is 0 Å². The summed E-state index contributed by atoms with van der Waals surface area (Å²) in [6.45, 7) is 1.96. The van der Waals surface area contributed by atoms with E-state index in [4.69, 9.17) is 18.3 Å². The molecule has 0 fully saturated rings. The molecular formula is C11H18O4Si. The lowest BCUT2D eigenvalue weighted by molar-refractivity contribution is 0.263. The highest BCUT2D eigenvalue weighted by atomic mass is 28.4. The number of rotatable bonds is 5. The van der Waals surface area contributed by atoms with Gasteiger partial charge >= 0.3 is 8.56 Å². The Hall–Kier alpha value is -1.04. The lowest BCUT2D eigenvalue weighted by atomic mass is 10.3. The number of hydrogen-bond donors (Lipinski definition) is 0. The third-order valence-electron chi connectivity index (χ3n) is 2.67. The second-order valence-electron chi connectivity index (χ2n) is 3.42. The molecule has 1 aromatic carbocycles. The zero-order chi connectivity index (χ0) is 12.2. The SMILES string of the molecule is COc1ccc(OC)c([Si](C)(OC)OC)c1. The molecule has 4 nitrogen and oxygen atoms in total. The molecule has 0 bridgehead atoms. The Labute approximate surface area is 97.3 Å². The predicted octanol–water partition coefficient (Wildman–Crippen LogP) is 1.28. The summed E-state index contributed by atoms with van der Waals surface area (Å²) in [6.07, 6.45) is 0. The Morgan fingerprint density at radius 1 is 0.938 bits per heavy atom. The van der Waals surface area contributed by atoms with Gasteiger partial charge in [-0.25, -0.2) is 0 Å². The summed E-state index contributed by atoms with van der Waals surface area (Å²) in [7, 11) is 4.16. The Balaban J connectivity index is 3.27. The maximum atomic E-state index is 5.50. The topological polar surface area (TPSA) is 36.9 Å². The van der Waals surface area contributed by atoms with Crippen molar-refractivity contribution in [2.45, 2.75) is 6.55 Å². The van der Waals surface area contributed by atoms with Crippen LogP contribution in [0.5, 0.6) is 11.5 Å². The van der Waals surface area contributed by atoms with Crippen LogP contribution in [0.4, 0.5) is 0 Å². The molecule has 0 aromatic heterocycles. The summed E-state index contributed by atoms with van der Waals surface area (Å²) in [4.78, 5) is 0. The first-order chi connectivity index (χ1) is 7.61. The highest BCUT2D eigenvalue weighted by Gasteiger charge is 2.35. The minimum atomic E-state index is -2.39. The van der Waals surface area contributed by atoms with Gasteiger partial charge < -0.3 is 18.3 Å². The van der Waals surface area contributed by atoms with Crippen molar-refractivity contribution in [1.82, 2.24) is 0 Å². The molecule has 90 valence electrons. The molecule has 1 rings (SSSR count). The van der Waals surface area contributed by atoms with Gasteiger partial charge in [0.15, 0.2) is 0 Å². The molecule has 0 aliphatic rings. The smallest absolute Gasteiger partial charge is 0.372 e. The number of ether oxygens (including phenoxy) is 2. The monoisotopic (exact) mass is 242 g/mol. The number of hydrogen-bond acceptors (Lipinski definition) is 4. The number of methoxy groups -OCH3 is 2. The van der Waals surface area contributed by atoms with E-state index in [1.807, 2.05) is 24.7 Å². The highest BCUT2D eigenvalue weighted by Crippen LogP contribution is 2.20. The standard InChI is InChI=1S/C11H18O4Si/c1-12-9-6-7-10(13-2)11(8-9)16(5,14-3)15-4/h6-8H,1-5H3. The van der Waals surface area contributed by atoms with Crippen LogP contribution in [0.15, 0.2) is 18.2 Å². The molecule has 16 heavy (non-hydrogen) atoms. The third kappa shape index (κ3) is 2.37. The Bertz CT molecular complexity index is 350. The van der Waals surface area contributed by atoms with Gasteiger partial charge in [-0.2, -0.15) is 0 Å². The minimum Gasteiger partial charge on any atom is -0.497 e. The van der Waals surface area contributed by atoms with Crippen molar-refractivity contribution in [2.75, 3.05) is 28.4 Å². The Morgan fingerprint density at radius 2 is 1.56 bits per heavy atom. The minimum absolute atomic E-state index is 0.763. The van der Waals surface area contributed by atoms with Crippen LogP contribution in [0.2, 0.25) is 6.55 Å². The summed E-state index contributed by atoms with van der Waals surface area (Å²) < 4.78 is 21.5. The molecule has 0 atom stereocenters. The van der Waals surface area contributed by atoms with Gasteiger partial charge in [0, 0.05) is 19.4 Å². The van der Waals surface area contributed by atoms with Gasteiger partial charge in [0.1, 0.15) is 11.5 Å². The fraction of sp³-hybridized carbons (Fsp3) is 0.455. The maximum Gasteiger partial charge on any atom is 0.372 e. The normalized spacial score (nSPS) is 11.3. The van der Waals surface area contributed by atoms with Gasteiger partial charge in [0.2, 0.25) is 0 Å². The molecule has 0 saturated heterocycles. The third-order valence-corrected chi connectivity index (χ3v) is 5.60. The van der Waals surface area contributed by atoms with Crippen LogP contribution < -0.4 is 14.7 Å². The summed E-state index contributed by atoms with van der Waals surface area (Å²) in [5.74, 6) is 1.53. The van der Waals surface area contributed by atoms with Crippen molar-refractivity contribution in [3.63, 3.8) is 0 Å². The first-order valence-electron chi connectivity index (χ1n) is 4.94. The van der Waals surface area contributed by atoms with E-state index in [9.17, 15) is 0 Å². The number of benzene rings is 1. The van der Waals surface area contributed by atoms with E-state index in [1.54, 1.807) is 28.4 Å². The molecule has 0 radical (unpaired) electrons. The van der Waals surface area contributed by atoms with E-state index in [2.05, 4.69) is 0 Å². The maximum absolute atomic E-state index is 5.50. The zero-order valence-corrected chi connectivity index (χ0v) is 11.4. The van der Waals surface area contributed by atoms with Crippen molar-refractivity contribution in [1.29, 1.82) is 0 Å². The van der Waals surface area contributed by atoms with Crippen LogP contribution >= 0.6 is 0 Å². The van der Waals surface area contributed by atoms with Gasteiger partial charge in [-0.1, -0.05) is 0 Å². The van der Waals surface area contributed by atoms with Gasteiger partial charge in [0.05, 0.1) is 14.2 Å². The van der Waals surface area contributed by atoms with Crippen molar-refractivity contribution in [2.24, 2.45) is 0 Å². The summed E-state index contributed by atoms with van der Waals surface area (Å²) in [5.41, 5.74) is 0. The van der Waals surface area contributed by atoms with Crippen LogP contribution in [0.1, 0.15) is 0 Å². The molecule has 0 spiro atoms. The van der Waals surface area contributed by atoms with E-state index in [1.165, 1.54) is 0 Å². The van der Waals surface area contributed by atoms with E-state index < -0.39 is 8.56 Å². The van der Waals surface area contributed by atoms with Gasteiger partial charge in [0.25, 0.3) is 0 Å². The second kappa shape index (κ2) is 5.34. The van der Waals surface area contributed by atoms with E-state index in [-0.39, 0.29) is 0 Å². The van der Waals surface area contributed by atoms with Crippen molar-refractivity contribution in [3.05, 3.63) is 18.2 Å². The van der Waals surface area contributed by atoms with Gasteiger partial charge in [-0.05, 0) is 24.7 Å². The van der Waals surface area contributed by atoms with Crippen LogP contribution in [0.25, 0.3) is 0 Å². The molecule has 0 heterocycles. The lowest BCUT2D eigenvalue weighted by Crippen LogP contribution is -2.49. The summed E-state index contributed by atoms with van der Waals surface area (Å²) in [5, 5.41) is 0.930. The quantitative estimate of drug-likeness (QED) is 0.729. The van der Waals surface area contributed by atoms with E-state index in [0.717, 1.165) is 16.7 Å². The van der Waals surface area contributed by atoms with Crippen molar-refractivity contribution >= 4 is 13.7 Å². The average Bonchev–Trinajstić information content (AvgIpc) is 2.37. The Morgan fingerprint density at radius 3 is 2.00 bits per heavy atom. The predicted molar refractivity (Wildman–Crippen MR) is 64.8 cm³/mol. The van der Waals surface area contributed by atoms with Gasteiger partial charge in [-0.3, -0.25) is 0 Å².